The molecule has 0 fully saturated rings. The smallest absolute Gasteiger partial charge is 0.327 e. The first-order chi connectivity index (χ1) is 8.97. The van der Waals surface area contributed by atoms with Crippen molar-refractivity contribution in [2.45, 2.75) is 26.2 Å². The Bertz CT molecular complexity index is 556. The first kappa shape index (κ1) is 13.6. The summed E-state index contributed by atoms with van der Waals surface area (Å²) in [6, 6.07) is 4.98. The van der Waals surface area contributed by atoms with E-state index in [4.69, 9.17) is 5.73 Å². The Balaban J connectivity index is 2.40. The molecule has 1 heterocycles. The van der Waals surface area contributed by atoms with E-state index in [0.29, 0.717) is 24.5 Å². The zero-order valence-corrected chi connectivity index (χ0v) is 10.4. The monoisotopic (exact) mass is 269 g/mol. The van der Waals surface area contributed by atoms with Gasteiger partial charge >= 0.3 is 6.18 Å². The molecule has 2 N–H and O–H groups in total. The summed E-state index contributed by atoms with van der Waals surface area (Å²) < 4.78 is 39.4. The van der Waals surface area contributed by atoms with Crippen LogP contribution in [-0.2, 0) is 19.3 Å². The molecule has 0 atom stereocenters. The third kappa shape index (κ3) is 2.63. The lowest BCUT2D eigenvalue weighted by Gasteiger charge is -2.10. The lowest BCUT2D eigenvalue weighted by atomic mass is 10.1. The van der Waals surface area contributed by atoms with Crippen LogP contribution in [0.5, 0.6) is 0 Å². The molecule has 0 amide bonds. The number of hydrogen-bond acceptors (Lipinski definition) is 2. The second-order valence-electron chi connectivity index (χ2n) is 4.10. The van der Waals surface area contributed by atoms with Crippen LogP contribution in [0.1, 0.15) is 18.2 Å². The Labute approximate surface area is 108 Å². The van der Waals surface area contributed by atoms with Crippen LogP contribution < -0.4 is 5.73 Å². The van der Waals surface area contributed by atoms with Crippen molar-refractivity contribution in [1.29, 1.82) is 0 Å². The van der Waals surface area contributed by atoms with Crippen molar-refractivity contribution < 1.29 is 13.2 Å². The molecule has 0 saturated carbocycles. The van der Waals surface area contributed by atoms with Gasteiger partial charge in [-0.15, -0.1) is 0 Å². The van der Waals surface area contributed by atoms with Gasteiger partial charge in [-0.2, -0.15) is 13.2 Å². The van der Waals surface area contributed by atoms with Gasteiger partial charge in [0.1, 0.15) is 5.82 Å². The van der Waals surface area contributed by atoms with Gasteiger partial charge in [-0.05, 0) is 19.1 Å². The molecule has 0 radical (unpaired) electrons. The molecule has 1 aromatic carbocycles. The summed E-state index contributed by atoms with van der Waals surface area (Å²) in [6.07, 6.45) is -2.67. The predicted octanol–water partition coefficient (Wildman–Crippen LogP) is 3.05. The molecule has 2 aromatic rings. The summed E-state index contributed by atoms with van der Waals surface area (Å²) in [7, 11) is 0. The number of halogens is 3. The third-order valence-electron chi connectivity index (χ3n) is 2.93. The number of nitrogens with two attached hydrogens (primary N) is 1. The van der Waals surface area contributed by atoms with Crippen molar-refractivity contribution in [1.82, 2.24) is 9.55 Å². The molecule has 0 aliphatic heterocycles. The van der Waals surface area contributed by atoms with Crippen molar-refractivity contribution >= 4 is 0 Å². The van der Waals surface area contributed by atoms with Crippen molar-refractivity contribution in [3.63, 3.8) is 0 Å². The number of aromatic nitrogens is 2. The lowest BCUT2D eigenvalue weighted by Crippen LogP contribution is -2.07. The van der Waals surface area contributed by atoms with Crippen LogP contribution in [0.25, 0.3) is 11.4 Å². The molecular formula is C13H14F3N3. The molecule has 6 heteroatoms. The molecule has 1 aromatic heterocycles. The number of hydrogen-bond donors (Lipinski definition) is 1. The van der Waals surface area contributed by atoms with Crippen molar-refractivity contribution in [3.05, 3.63) is 41.7 Å². The fourth-order valence-electron chi connectivity index (χ4n) is 1.97. The molecule has 19 heavy (non-hydrogen) atoms. The molecule has 102 valence electrons. The van der Waals surface area contributed by atoms with Gasteiger partial charge in [0.2, 0.25) is 0 Å². The minimum atomic E-state index is -4.32. The Hall–Kier alpha value is -1.82. The van der Waals surface area contributed by atoms with Crippen LogP contribution in [0.2, 0.25) is 0 Å². The van der Waals surface area contributed by atoms with Gasteiger partial charge in [-0.25, -0.2) is 4.98 Å². The highest BCUT2D eigenvalue weighted by molar-refractivity contribution is 5.57. The number of nitrogens with zero attached hydrogens (tertiary/aromatic N) is 2. The third-order valence-corrected chi connectivity index (χ3v) is 2.93. The Morgan fingerprint density at radius 2 is 1.84 bits per heavy atom. The highest BCUT2D eigenvalue weighted by Crippen LogP contribution is 2.30. The van der Waals surface area contributed by atoms with Crippen molar-refractivity contribution in [3.8, 4) is 11.4 Å². The molecule has 3 nitrogen and oxygen atoms in total. The zero-order chi connectivity index (χ0) is 14.0. The molecule has 0 aliphatic rings. The van der Waals surface area contributed by atoms with Crippen LogP contribution >= 0.6 is 0 Å². The average molecular weight is 269 g/mol. The van der Waals surface area contributed by atoms with Crippen LogP contribution in [0, 0.1) is 0 Å². The standard InChI is InChI=1S/C13H14F3N3/c1-2-19-11(7-17)8-18-12(19)9-3-5-10(6-4-9)13(14,15)16/h3-6,8H,2,7,17H2,1H3. The maximum atomic E-state index is 12.5. The lowest BCUT2D eigenvalue weighted by molar-refractivity contribution is -0.137. The fourth-order valence-corrected chi connectivity index (χ4v) is 1.97. The summed E-state index contributed by atoms with van der Waals surface area (Å²) >= 11 is 0. The molecule has 0 bridgehead atoms. The van der Waals surface area contributed by atoms with Gasteiger partial charge in [-0.1, -0.05) is 12.1 Å². The van der Waals surface area contributed by atoms with Crippen LogP contribution in [0.4, 0.5) is 13.2 Å². The van der Waals surface area contributed by atoms with E-state index in [-0.39, 0.29) is 0 Å². The highest BCUT2D eigenvalue weighted by Gasteiger charge is 2.30. The van der Waals surface area contributed by atoms with E-state index in [2.05, 4.69) is 4.98 Å². The van der Waals surface area contributed by atoms with E-state index >= 15 is 0 Å². The van der Waals surface area contributed by atoms with Crippen LogP contribution in [0.15, 0.2) is 30.5 Å². The first-order valence-electron chi connectivity index (χ1n) is 5.89. The van der Waals surface area contributed by atoms with Gasteiger partial charge in [0.15, 0.2) is 0 Å². The SMILES string of the molecule is CCn1c(CN)cnc1-c1ccc(C(F)(F)F)cc1. The van der Waals surface area contributed by atoms with Crippen LogP contribution in [0.3, 0.4) is 0 Å². The molecule has 0 aliphatic carbocycles. The second kappa shape index (κ2) is 5.05. The molecule has 0 unspecified atom stereocenters. The van der Waals surface area contributed by atoms with Crippen molar-refractivity contribution in [2.24, 2.45) is 5.73 Å². The summed E-state index contributed by atoms with van der Waals surface area (Å²) in [5.74, 6) is 0.636. The van der Waals surface area contributed by atoms with Gasteiger partial charge in [0.25, 0.3) is 0 Å². The summed E-state index contributed by atoms with van der Waals surface area (Å²) in [4.78, 5) is 4.22. The maximum absolute atomic E-state index is 12.5. The summed E-state index contributed by atoms with van der Waals surface area (Å²) in [5, 5.41) is 0. The molecular weight excluding hydrogens is 255 g/mol. The topological polar surface area (TPSA) is 43.8 Å². The van der Waals surface area contributed by atoms with E-state index in [9.17, 15) is 13.2 Å². The Morgan fingerprint density at radius 3 is 2.32 bits per heavy atom. The van der Waals surface area contributed by atoms with Gasteiger partial charge in [-0.3, -0.25) is 0 Å². The van der Waals surface area contributed by atoms with E-state index in [1.165, 1.54) is 12.1 Å². The minimum absolute atomic E-state index is 0.349. The Kier molecular flexibility index (Phi) is 3.61. The largest absolute Gasteiger partial charge is 0.416 e. The maximum Gasteiger partial charge on any atom is 0.416 e. The van der Waals surface area contributed by atoms with Gasteiger partial charge < -0.3 is 10.3 Å². The number of rotatable bonds is 3. The van der Waals surface area contributed by atoms with E-state index in [1.54, 1.807) is 6.20 Å². The van der Waals surface area contributed by atoms with Crippen molar-refractivity contribution in [2.75, 3.05) is 0 Å². The van der Waals surface area contributed by atoms with E-state index in [1.807, 2.05) is 11.5 Å². The quantitative estimate of drug-likeness (QED) is 0.930. The number of imidazole rings is 1. The van der Waals surface area contributed by atoms with E-state index in [0.717, 1.165) is 17.8 Å². The minimum Gasteiger partial charge on any atom is -0.327 e. The highest BCUT2D eigenvalue weighted by atomic mass is 19.4. The number of alkyl halides is 3. The van der Waals surface area contributed by atoms with Gasteiger partial charge in [0.05, 0.1) is 17.5 Å². The summed E-state index contributed by atoms with van der Waals surface area (Å²) in [6.45, 7) is 2.96. The fraction of sp³-hybridized carbons (Fsp3) is 0.308. The average Bonchev–Trinajstić information content (AvgIpc) is 2.80. The molecule has 0 saturated heterocycles. The first-order valence-corrected chi connectivity index (χ1v) is 5.89. The van der Waals surface area contributed by atoms with Crippen LogP contribution in [-0.4, -0.2) is 9.55 Å². The van der Waals surface area contributed by atoms with E-state index < -0.39 is 11.7 Å². The molecule has 0 spiro atoms. The Morgan fingerprint density at radius 1 is 1.21 bits per heavy atom. The summed E-state index contributed by atoms with van der Waals surface area (Å²) in [5.41, 5.74) is 6.43. The zero-order valence-electron chi connectivity index (χ0n) is 10.4. The normalized spacial score (nSPS) is 11.8. The number of benzene rings is 1. The molecule has 2 rings (SSSR count). The predicted molar refractivity (Wildman–Crippen MR) is 66.2 cm³/mol. The second-order valence-corrected chi connectivity index (χ2v) is 4.10. The van der Waals surface area contributed by atoms with Gasteiger partial charge in [0, 0.05) is 18.7 Å².